The largest absolute Gasteiger partial charge is 0.381 e. The fourth-order valence-corrected chi connectivity index (χ4v) is 2.60. The third kappa shape index (κ3) is 3.18. The molecule has 84 valence electrons. The highest BCUT2D eigenvalue weighted by atomic mass is 79.9. The first-order valence-electron chi connectivity index (χ1n) is 5.05. The van der Waals surface area contributed by atoms with Gasteiger partial charge in [-0.1, -0.05) is 47.6 Å². The first-order valence-corrected chi connectivity index (χ1v) is 9.34. The van der Waals surface area contributed by atoms with Crippen LogP contribution in [0.5, 0.6) is 0 Å². The Morgan fingerprint density at radius 1 is 1.53 bits per heavy atom. The van der Waals surface area contributed by atoms with E-state index < -0.39 is 19.8 Å². The third-order valence-corrected chi connectivity index (χ3v) is 4.20. The summed E-state index contributed by atoms with van der Waals surface area (Å²) < 4.78 is 0.660. The standard InChI is InChI=1S/C11H17BrO2Si/c1-15(2,3)8-6-10(13)11(14)7-4-5-9(11)12/h5,10,13-14H,4,7H2,1-3H3/t10-,11+/m0/s1. The van der Waals surface area contributed by atoms with E-state index in [1.165, 1.54) is 0 Å². The molecule has 0 aliphatic heterocycles. The summed E-state index contributed by atoms with van der Waals surface area (Å²) in [5, 5.41) is 20.0. The summed E-state index contributed by atoms with van der Waals surface area (Å²) in [6.45, 7) is 6.32. The average molecular weight is 289 g/mol. The highest BCUT2D eigenvalue weighted by Gasteiger charge is 2.40. The van der Waals surface area contributed by atoms with E-state index >= 15 is 0 Å². The van der Waals surface area contributed by atoms with Gasteiger partial charge in [-0.15, -0.1) is 5.54 Å². The second-order valence-corrected chi connectivity index (χ2v) is 10.5. The predicted molar refractivity (Wildman–Crippen MR) is 68.3 cm³/mol. The molecular formula is C11H17BrO2Si. The van der Waals surface area contributed by atoms with Gasteiger partial charge in [0.1, 0.15) is 19.8 Å². The van der Waals surface area contributed by atoms with Crippen molar-refractivity contribution in [2.24, 2.45) is 0 Å². The van der Waals surface area contributed by atoms with Crippen LogP contribution in [0.3, 0.4) is 0 Å². The Kier molecular flexibility index (Phi) is 3.83. The number of aliphatic hydroxyl groups is 2. The summed E-state index contributed by atoms with van der Waals surface area (Å²) in [5.74, 6) is 2.78. The molecule has 4 heteroatoms. The minimum Gasteiger partial charge on any atom is -0.381 e. The molecule has 1 aliphatic carbocycles. The molecule has 1 aliphatic rings. The van der Waals surface area contributed by atoms with Crippen molar-refractivity contribution in [2.45, 2.75) is 44.2 Å². The molecule has 0 amide bonds. The van der Waals surface area contributed by atoms with E-state index in [9.17, 15) is 10.2 Å². The van der Waals surface area contributed by atoms with Gasteiger partial charge in [0.15, 0.2) is 0 Å². The molecule has 0 aromatic rings. The molecule has 1 rings (SSSR count). The zero-order valence-electron chi connectivity index (χ0n) is 9.34. The Morgan fingerprint density at radius 3 is 2.53 bits per heavy atom. The molecule has 0 unspecified atom stereocenters. The van der Waals surface area contributed by atoms with E-state index in [0.717, 1.165) is 6.42 Å². The van der Waals surface area contributed by atoms with Gasteiger partial charge in [0.2, 0.25) is 0 Å². The average Bonchev–Trinajstić information content (AvgIpc) is 2.43. The zero-order valence-corrected chi connectivity index (χ0v) is 11.9. The summed E-state index contributed by atoms with van der Waals surface area (Å²) in [4.78, 5) is 0. The molecule has 0 heterocycles. The maximum Gasteiger partial charge on any atom is 0.147 e. The number of halogens is 1. The second-order valence-electron chi connectivity index (χ2n) is 4.94. The van der Waals surface area contributed by atoms with Gasteiger partial charge in [-0.25, -0.2) is 0 Å². The molecule has 0 spiro atoms. The van der Waals surface area contributed by atoms with E-state index in [1.807, 2.05) is 6.08 Å². The molecule has 0 aromatic heterocycles. The molecule has 0 saturated heterocycles. The summed E-state index contributed by atoms with van der Waals surface area (Å²) in [7, 11) is -1.49. The van der Waals surface area contributed by atoms with Crippen LogP contribution in [0.15, 0.2) is 10.6 Å². The van der Waals surface area contributed by atoms with Gasteiger partial charge in [-0.3, -0.25) is 0 Å². The molecule has 15 heavy (non-hydrogen) atoms. The van der Waals surface area contributed by atoms with Crippen molar-refractivity contribution < 1.29 is 10.2 Å². The van der Waals surface area contributed by atoms with Crippen LogP contribution in [0.25, 0.3) is 0 Å². The van der Waals surface area contributed by atoms with Crippen molar-refractivity contribution in [1.29, 1.82) is 0 Å². The topological polar surface area (TPSA) is 40.5 Å². The van der Waals surface area contributed by atoms with Crippen LogP contribution >= 0.6 is 15.9 Å². The SMILES string of the molecule is C[Si](C)(C)C#C[C@H](O)[C@@]1(O)CCC=C1Br. The third-order valence-electron chi connectivity index (χ3n) is 2.30. The summed E-state index contributed by atoms with van der Waals surface area (Å²) in [5.41, 5.74) is 1.89. The summed E-state index contributed by atoms with van der Waals surface area (Å²) in [6.07, 6.45) is 2.22. The molecular weight excluding hydrogens is 272 g/mol. The predicted octanol–water partition coefficient (Wildman–Crippen LogP) is 2.03. The van der Waals surface area contributed by atoms with Crippen LogP contribution in [0.2, 0.25) is 19.6 Å². The normalized spacial score (nSPS) is 28.0. The van der Waals surface area contributed by atoms with Crippen molar-refractivity contribution in [3.63, 3.8) is 0 Å². The molecule has 0 radical (unpaired) electrons. The Bertz CT molecular complexity index is 335. The van der Waals surface area contributed by atoms with E-state index in [4.69, 9.17) is 0 Å². The number of aliphatic hydroxyl groups excluding tert-OH is 1. The van der Waals surface area contributed by atoms with Crippen molar-refractivity contribution in [3.8, 4) is 11.5 Å². The Balaban J connectivity index is 2.81. The Hall–Kier alpha value is -0.0831. The van der Waals surface area contributed by atoms with Crippen LogP contribution in [-0.4, -0.2) is 30.0 Å². The molecule has 0 aromatic carbocycles. The molecule has 2 nitrogen and oxygen atoms in total. The van der Waals surface area contributed by atoms with Crippen molar-refractivity contribution in [3.05, 3.63) is 10.6 Å². The van der Waals surface area contributed by atoms with Crippen molar-refractivity contribution in [2.75, 3.05) is 0 Å². The van der Waals surface area contributed by atoms with E-state index in [-0.39, 0.29) is 0 Å². The fourth-order valence-electron chi connectivity index (χ4n) is 1.39. The molecule has 0 bridgehead atoms. The minimum absolute atomic E-state index is 0.537. The lowest BCUT2D eigenvalue weighted by Gasteiger charge is -2.26. The lowest BCUT2D eigenvalue weighted by Crippen LogP contribution is -2.40. The number of hydrogen-bond acceptors (Lipinski definition) is 2. The molecule has 2 N–H and O–H groups in total. The maximum absolute atomic E-state index is 10.2. The summed E-state index contributed by atoms with van der Waals surface area (Å²) >= 11 is 3.28. The van der Waals surface area contributed by atoms with E-state index in [1.54, 1.807) is 0 Å². The summed E-state index contributed by atoms with van der Waals surface area (Å²) in [6, 6.07) is 0. The highest BCUT2D eigenvalue weighted by molar-refractivity contribution is 9.11. The number of rotatable bonds is 1. The first kappa shape index (κ1) is 13.0. The quantitative estimate of drug-likeness (QED) is 0.573. The van der Waals surface area contributed by atoms with Gasteiger partial charge in [0.05, 0.1) is 0 Å². The second kappa shape index (κ2) is 4.42. The van der Waals surface area contributed by atoms with Gasteiger partial charge in [0, 0.05) is 4.48 Å². The highest BCUT2D eigenvalue weighted by Crippen LogP contribution is 2.36. The number of allylic oxidation sites excluding steroid dienone is 1. The van der Waals surface area contributed by atoms with Crippen LogP contribution < -0.4 is 0 Å². The lowest BCUT2D eigenvalue weighted by molar-refractivity contribution is -0.0107. The van der Waals surface area contributed by atoms with Crippen LogP contribution in [0, 0.1) is 11.5 Å². The van der Waals surface area contributed by atoms with Gasteiger partial charge in [-0.2, -0.15) is 0 Å². The van der Waals surface area contributed by atoms with Gasteiger partial charge < -0.3 is 10.2 Å². The first-order chi connectivity index (χ1) is 6.76. The molecule has 0 fully saturated rings. The minimum atomic E-state index is -1.49. The monoisotopic (exact) mass is 288 g/mol. The van der Waals surface area contributed by atoms with E-state index in [0.29, 0.717) is 10.9 Å². The maximum atomic E-state index is 10.2. The van der Waals surface area contributed by atoms with Crippen molar-refractivity contribution >= 4 is 24.0 Å². The van der Waals surface area contributed by atoms with Crippen molar-refractivity contribution in [1.82, 2.24) is 0 Å². The van der Waals surface area contributed by atoms with Gasteiger partial charge in [-0.05, 0) is 12.8 Å². The lowest BCUT2D eigenvalue weighted by atomic mass is 9.97. The zero-order chi connectivity index (χ0) is 11.7. The van der Waals surface area contributed by atoms with Gasteiger partial charge in [0.25, 0.3) is 0 Å². The van der Waals surface area contributed by atoms with E-state index in [2.05, 4.69) is 47.0 Å². The molecule has 2 atom stereocenters. The van der Waals surface area contributed by atoms with Crippen LogP contribution in [-0.2, 0) is 0 Å². The van der Waals surface area contributed by atoms with Crippen LogP contribution in [0.4, 0.5) is 0 Å². The fraction of sp³-hybridized carbons (Fsp3) is 0.636. The molecule has 0 saturated carbocycles. The Labute approximate surface area is 101 Å². The Morgan fingerprint density at radius 2 is 2.13 bits per heavy atom. The van der Waals surface area contributed by atoms with Crippen LogP contribution in [0.1, 0.15) is 12.8 Å². The number of hydrogen-bond donors (Lipinski definition) is 2. The smallest absolute Gasteiger partial charge is 0.147 e. The van der Waals surface area contributed by atoms with Gasteiger partial charge >= 0.3 is 0 Å².